The van der Waals surface area contributed by atoms with Crippen LogP contribution in [0.15, 0.2) is 24.3 Å². The van der Waals surface area contributed by atoms with Gasteiger partial charge in [-0.3, -0.25) is 9.89 Å². The highest BCUT2D eigenvalue weighted by molar-refractivity contribution is 5.89. The second-order valence-corrected chi connectivity index (χ2v) is 5.88. The molecule has 0 saturated heterocycles. The van der Waals surface area contributed by atoms with Crippen LogP contribution in [0.3, 0.4) is 0 Å². The van der Waals surface area contributed by atoms with Crippen LogP contribution in [-0.2, 0) is 29.7 Å². The summed E-state index contributed by atoms with van der Waals surface area (Å²) in [6.07, 6.45) is 2.18. The monoisotopic (exact) mass is 314 g/mol. The number of methoxy groups -OCH3 is 1. The van der Waals surface area contributed by atoms with E-state index in [1.165, 1.54) is 0 Å². The minimum Gasteiger partial charge on any atom is -0.496 e. The molecule has 23 heavy (non-hydrogen) atoms. The minimum atomic E-state index is -1.00. The Labute approximate surface area is 135 Å². The molecule has 2 aromatic rings. The van der Waals surface area contributed by atoms with Gasteiger partial charge in [0.2, 0.25) is 5.91 Å². The molecule has 0 spiro atoms. The van der Waals surface area contributed by atoms with Gasteiger partial charge in [-0.05, 0) is 42.5 Å². The fraction of sp³-hybridized carbons (Fsp3) is 0.412. The molecule has 1 heterocycles. The standard InChI is InChI=1S/C17H22N4O2/c1-3-11-9-12(21-20-11)10-19-16(22)17(18)8-7-13-14(17)5-4-6-15(13)23-2/h4-6,9H,3,7-8,10,18H2,1-2H3,(H,19,22)(H,20,21). The zero-order valence-corrected chi connectivity index (χ0v) is 13.5. The summed E-state index contributed by atoms with van der Waals surface area (Å²) >= 11 is 0. The van der Waals surface area contributed by atoms with Gasteiger partial charge in [0.25, 0.3) is 0 Å². The summed E-state index contributed by atoms with van der Waals surface area (Å²) in [5, 5.41) is 10.0. The molecule has 1 aromatic heterocycles. The molecule has 3 rings (SSSR count). The van der Waals surface area contributed by atoms with E-state index in [1.807, 2.05) is 31.2 Å². The Morgan fingerprint density at radius 3 is 3.04 bits per heavy atom. The lowest BCUT2D eigenvalue weighted by molar-refractivity contribution is -0.126. The summed E-state index contributed by atoms with van der Waals surface area (Å²) < 4.78 is 5.37. The van der Waals surface area contributed by atoms with E-state index in [4.69, 9.17) is 10.5 Å². The molecular weight excluding hydrogens is 292 g/mol. The maximum absolute atomic E-state index is 12.7. The van der Waals surface area contributed by atoms with Gasteiger partial charge in [0.15, 0.2) is 0 Å². The number of ether oxygens (including phenoxy) is 1. The molecule has 1 atom stereocenters. The smallest absolute Gasteiger partial charge is 0.245 e. The average molecular weight is 314 g/mol. The maximum Gasteiger partial charge on any atom is 0.245 e. The van der Waals surface area contributed by atoms with Crippen molar-refractivity contribution in [2.75, 3.05) is 7.11 Å². The molecule has 122 valence electrons. The Balaban J connectivity index is 1.75. The zero-order valence-electron chi connectivity index (χ0n) is 13.5. The maximum atomic E-state index is 12.7. The number of nitrogens with zero attached hydrogens (tertiary/aromatic N) is 1. The Bertz CT molecular complexity index is 725. The number of nitrogens with one attached hydrogen (secondary N) is 2. The Hall–Kier alpha value is -2.34. The number of benzene rings is 1. The van der Waals surface area contributed by atoms with Crippen LogP contribution in [0.1, 0.15) is 35.9 Å². The first kappa shape index (κ1) is 15.6. The number of carbonyl (C=O) groups is 1. The van der Waals surface area contributed by atoms with E-state index in [0.717, 1.165) is 41.1 Å². The van der Waals surface area contributed by atoms with Gasteiger partial charge in [0.05, 0.1) is 25.0 Å². The third kappa shape index (κ3) is 2.70. The zero-order chi connectivity index (χ0) is 16.4. The fourth-order valence-corrected chi connectivity index (χ4v) is 3.14. The normalized spacial score (nSPS) is 19.4. The van der Waals surface area contributed by atoms with Crippen LogP contribution in [0.5, 0.6) is 5.75 Å². The van der Waals surface area contributed by atoms with Gasteiger partial charge < -0.3 is 15.8 Å². The van der Waals surface area contributed by atoms with Crippen molar-refractivity contribution in [2.45, 2.75) is 38.3 Å². The van der Waals surface area contributed by atoms with Crippen molar-refractivity contribution in [3.63, 3.8) is 0 Å². The minimum absolute atomic E-state index is 0.169. The molecule has 6 nitrogen and oxygen atoms in total. The van der Waals surface area contributed by atoms with Gasteiger partial charge in [-0.1, -0.05) is 19.1 Å². The van der Waals surface area contributed by atoms with Crippen LogP contribution < -0.4 is 15.8 Å². The van der Waals surface area contributed by atoms with Crippen molar-refractivity contribution in [3.8, 4) is 5.75 Å². The van der Waals surface area contributed by atoms with Crippen molar-refractivity contribution in [1.82, 2.24) is 15.5 Å². The molecule has 1 aliphatic rings. The first-order chi connectivity index (χ1) is 11.1. The number of nitrogens with two attached hydrogens (primary N) is 1. The number of aryl methyl sites for hydroxylation is 1. The number of H-pyrrole nitrogens is 1. The molecule has 0 fully saturated rings. The highest BCUT2D eigenvalue weighted by Crippen LogP contribution is 2.39. The van der Waals surface area contributed by atoms with Gasteiger partial charge in [-0.15, -0.1) is 0 Å². The van der Waals surface area contributed by atoms with E-state index in [9.17, 15) is 4.79 Å². The molecule has 0 bridgehead atoms. The van der Waals surface area contributed by atoms with Crippen LogP contribution in [0.4, 0.5) is 0 Å². The number of aromatic amines is 1. The molecule has 0 radical (unpaired) electrons. The van der Waals surface area contributed by atoms with Crippen LogP contribution in [-0.4, -0.2) is 23.2 Å². The Morgan fingerprint density at radius 1 is 1.52 bits per heavy atom. The number of rotatable bonds is 5. The first-order valence-corrected chi connectivity index (χ1v) is 7.85. The average Bonchev–Trinajstić information content (AvgIpc) is 3.18. The van der Waals surface area contributed by atoms with Crippen LogP contribution in [0.2, 0.25) is 0 Å². The third-order valence-electron chi connectivity index (χ3n) is 4.49. The van der Waals surface area contributed by atoms with Crippen molar-refractivity contribution >= 4 is 5.91 Å². The molecule has 1 unspecified atom stereocenters. The van der Waals surface area contributed by atoms with Gasteiger partial charge >= 0.3 is 0 Å². The quantitative estimate of drug-likeness (QED) is 0.777. The third-order valence-corrected chi connectivity index (χ3v) is 4.49. The van der Waals surface area contributed by atoms with E-state index >= 15 is 0 Å². The molecule has 0 saturated carbocycles. The van der Waals surface area contributed by atoms with Gasteiger partial charge in [-0.2, -0.15) is 5.10 Å². The van der Waals surface area contributed by atoms with Crippen LogP contribution in [0.25, 0.3) is 0 Å². The number of hydrogen-bond donors (Lipinski definition) is 3. The second-order valence-electron chi connectivity index (χ2n) is 5.88. The number of aromatic nitrogens is 2. The van der Waals surface area contributed by atoms with E-state index in [2.05, 4.69) is 15.5 Å². The van der Waals surface area contributed by atoms with Crippen molar-refractivity contribution in [1.29, 1.82) is 0 Å². The number of fused-ring (bicyclic) bond motifs is 1. The number of amides is 1. The SMILES string of the molecule is CCc1cc(CNC(=O)C2(N)CCc3c(OC)cccc32)[nH]n1. The topological polar surface area (TPSA) is 93.0 Å². The Kier molecular flexibility index (Phi) is 4.09. The van der Waals surface area contributed by atoms with E-state index in [-0.39, 0.29) is 5.91 Å². The summed E-state index contributed by atoms with van der Waals surface area (Å²) in [5.74, 6) is 0.626. The van der Waals surface area contributed by atoms with Crippen molar-refractivity contribution in [3.05, 3.63) is 46.8 Å². The van der Waals surface area contributed by atoms with Gasteiger partial charge in [0, 0.05) is 0 Å². The van der Waals surface area contributed by atoms with Gasteiger partial charge in [0.1, 0.15) is 11.3 Å². The second kappa shape index (κ2) is 6.04. The number of carbonyl (C=O) groups excluding carboxylic acids is 1. The fourth-order valence-electron chi connectivity index (χ4n) is 3.14. The molecular formula is C17H22N4O2. The lowest BCUT2D eigenvalue weighted by Gasteiger charge is -2.24. The van der Waals surface area contributed by atoms with Crippen molar-refractivity contribution < 1.29 is 9.53 Å². The summed E-state index contributed by atoms with van der Waals surface area (Å²) in [7, 11) is 1.63. The predicted molar refractivity (Wildman–Crippen MR) is 87.0 cm³/mol. The van der Waals surface area contributed by atoms with Crippen molar-refractivity contribution in [2.24, 2.45) is 5.73 Å². The van der Waals surface area contributed by atoms with Crippen LogP contribution >= 0.6 is 0 Å². The molecule has 1 amide bonds. The highest BCUT2D eigenvalue weighted by Gasteiger charge is 2.42. The molecule has 1 aromatic carbocycles. The summed E-state index contributed by atoms with van der Waals surface area (Å²) in [4.78, 5) is 12.7. The van der Waals surface area contributed by atoms with Gasteiger partial charge in [-0.25, -0.2) is 0 Å². The lowest BCUT2D eigenvalue weighted by Crippen LogP contribution is -2.49. The molecule has 0 aliphatic heterocycles. The Morgan fingerprint density at radius 2 is 2.35 bits per heavy atom. The van der Waals surface area contributed by atoms with E-state index in [1.54, 1.807) is 7.11 Å². The summed E-state index contributed by atoms with van der Waals surface area (Å²) in [6, 6.07) is 7.64. The summed E-state index contributed by atoms with van der Waals surface area (Å²) in [5.41, 5.74) is 9.18. The lowest BCUT2D eigenvalue weighted by atomic mass is 9.92. The first-order valence-electron chi connectivity index (χ1n) is 7.85. The largest absolute Gasteiger partial charge is 0.496 e. The van der Waals surface area contributed by atoms with Crippen LogP contribution in [0, 0.1) is 0 Å². The molecule has 4 N–H and O–H groups in total. The highest BCUT2D eigenvalue weighted by atomic mass is 16.5. The van der Waals surface area contributed by atoms with E-state index in [0.29, 0.717) is 13.0 Å². The predicted octanol–water partition coefficient (Wildman–Crippen LogP) is 1.40. The molecule has 1 aliphatic carbocycles. The number of hydrogen-bond acceptors (Lipinski definition) is 4. The molecule has 6 heteroatoms. The summed E-state index contributed by atoms with van der Waals surface area (Å²) in [6.45, 7) is 2.43. The van der Waals surface area contributed by atoms with E-state index < -0.39 is 5.54 Å².